The van der Waals surface area contributed by atoms with E-state index in [9.17, 15) is 4.39 Å². The Morgan fingerprint density at radius 1 is 1.20 bits per heavy atom. The Bertz CT molecular complexity index is 770. The Morgan fingerprint density at radius 3 is 2.75 bits per heavy atom. The summed E-state index contributed by atoms with van der Waals surface area (Å²) < 4.78 is 14.8. The number of pyridine rings is 1. The van der Waals surface area contributed by atoms with Crippen molar-refractivity contribution in [1.29, 1.82) is 0 Å². The molecule has 3 rings (SSSR count). The van der Waals surface area contributed by atoms with Gasteiger partial charge in [0.15, 0.2) is 0 Å². The van der Waals surface area contributed by atoms with Gasteiger partial charge in [-0.25, -0.2) is 9.97 Å². The van der Waals surface area contributed by atoms with Crippen LogP contribution in [0, 0.1) is 5.95 Å². The van der Waals surface area contributed by atoms with E-state index < -0.39 is 5.95 Å². The number of halogens is 1. The summed E-state index contributed by atoms with van der Waals surface area (Å²) in [4.78, 5) is 9.67. The highest BCUT2D eigenvalue weighted by Crippen LogP contribution is 2.32. The number of thioether (sulfide) groups is 1. The summed E-state index contributed by atoms with van der Waals surface area (Å²) in [6, 6.07) is 9.58. The first-order valence-corrected chi connectivity index (χ1v) is 8.04. The maximum atomic E-state index is 13.7. The number of rotatable bonds is 3. The quantitative estimate of drug-likeness (QED) is 0.579. The van der Waals surface area contributed by atoms with E-state index in [0.717, 1.165) is 15.2 Å². The number of hydrogen-bond acceptors (Lipinski definition) is 5. The Kier molecular flexibility index (Phi) is 3.58. The highest BCUT2D eigenvalue weighted by Gasteiger charge is 2.10. The zero-order chi connectivity index (χ0) is 14.1. The van der Waals surface area contributed by atoms with E-state index in [2.05, 4.69) is 21.4 Å². The van der Waals surface area contributed by atoms with Crippen LogP contribution in [0.25, 0.3) is 20.9 Å². The summed E-state index contributed by atoms with van der Waals surface area (Å²) in [7, 11) is 1.67. The van der Waals surface area contributed by atoms with Crippen molar-refractivity contribution < 1.29 is 4.39 Å². The molecule has 0 amide bonds. The summed E-state index contributed by atoms with van der Waals surface area (Å²) >= 11 is 3.22. The van der Waals surface area contributed by atoms with Gasteiger partial charge in [0.05, 0.1) is 15.9 Å². The van der Waals surface area contributed by atoms with Crippen molar-refractivity contribution >= 4 is 39.0 Å². The molecule has 0 aliphatic rings. The lowest BCUT2D eigenvalue weighted by Gasteiger charge is -2.01. The van der Waals surface area contributed by atoms with Crippen molar-refractivity contribution in [2.75, 3.05) is 18.6 Å². The molecule has 0 aliphatic heterocycles. The highest BCUT2D eigenvalue weighted by atomic mass is 32.2. The molecule has 0 saturated carbocycles. The molecule has 3 nitrogen and oxygen atoms in total. The van der Waals surface area contributed by atoms with E-state index in [1.165, 1.54) is 16.2 Å². The molecule has 1 N–H and O–H groups in total. The molecule has 20 heavy (non-hydrogen) atoms. The third-order valence-electron chi connectivity index (χ3n) is 2.93. The van der Waals surface area contributed by atoms with E-state index in [-0.39, 0.29) is 0 Å². The van der Waals surface area contributed by atoms with Gasteiger partial charge in [0.2, 0.25) is 5.95 Å². The first-order chi connectivity index (χ1) is 9.71. The Hall–Kier alpha value is -1.66. The molecule has 0 saturated heterocycles. The second-order valence-electron chi connectivity index (χ2n) is 4.14. The van der Waals surface area contributed by atoms with E-state index in [4.69, 9.17) is 0 Å². The average Bonchev–Trinajstić information content (AvgIpc) is 2.89. The SMILES string of the molecule is CNc1ccc(-c2nc3ccc(SC)cc3s2)nc1F. The standard InChI is InChI=1S/C14H12FN3S2/c1-16-10-5-6-11(17-13(10)15)14-18-9-4-3-8(19-2)7-12(9)20-14/h3-7,16H,1-2H3. The number of thiazole rings is 1. The largest absolute Gasteiger partial charge is 0.384 e. The minimum atomic E-state index is -0.506. The lowest BCUT2D eigenvalue weighted by molar-refractivity contribution is 0.589. The maximum absolute atomic E-state index is 13.7. The molecule has 102 valence electrons. The maximum Gasteiger partial charge on any atom is 0.236 e. The second-order valence-corrected chi connectivity index (χ2v) is 6.05. The zero-order valence-corrected chi connectivity index (χ0v) is 12.6. The van der Waals surface area contributed by atoms with Crippen LogP contribution in [0.4, 0.5) is 10.1 Å². The summed E-state index contributed by atoms with van der Waals surface area (Å²) in [6.45, 7) is 0. The van der Waals surface area contributed by atoms with Crippen LogP contribution in [-0.2, 0) is 0 Å². The van der Waals surface area contributed by atoms with E-state index in [0.29, 0.717) is 11.4 Å². The topological polar surface area (TPSA) is 37.8 Å². The summed E-state index contributed by atoms with van der Waals surface area (Å²) in [5, 5.41) is 3.49. The van der Waals surface area contributed by atoms with Crippen molar-refractivity contribution in [3.05, 3.63) is 36.3 Å². The molecule has 0 spiro atoms. The van der Waals surface area contributed by atoms with Crippen LogP contribution in [0.2, 0.25) is 0 Å². The van der Waals surface area contributed by atoms with Crippen molar-refractivity contribution in [2.24, 2.45) is 0 Å². The summed E-state index contributed by atoms with van der Waals surface area (Å²) in [6.07, 6.45) is 2.04. The van der Waals surface area contributed by atoms with Crippen LogP contribution in [0.3, 0.4) is 0 Å². The van der Waals surface area contributed by atoms with Crippen LogP contribution in [-0.4, -0.2) is 23.3 Å². The van der Waals surface area contributed by atoms with Crippen LogP contribution in [0.1, 0.15) is 0 Å². The third kappa shape index (κ3) is 2.36. The number of hydrogen-bond donors (Lipinski definition) is 1. The van der Waals surface area contributed by atoms with Gasteiger partial charge in [-0.1, -0.05) is 0 Å². The van der Waals surface area contributed by atoms with Gasteiger partial charge in [-0.2, -0.15) is 4.39 Å². The molecule has 6 heteroatoms. The van der Waals surface area contributed by atoms with Gasteiger partial charge in [0.25, 0.3) is 0 Å². The lowest BCUT2D eigenvalue weighted by Crippen LogP contribution is -1.96. The second kappa shape index (κ2) is 5.38. The summed E-state index contributed by atoms with van der Waals surface area (Å²) in [5.74, 6) is -0.506. The number of anilines is 1. The molecule has 0 aliphatic carbocycles. The van der Waals surface area contributed by atoms with Crippen molar-refractivity contribution in [1.82, 2.24) is 9.97 Å². The average molecular weight is 305 g/mol. The fraction of sp³-hybridized carbons (Fsp3) is 0.143. The number of nitrogens with one attached hydrogen (secondary N) is 1. The molecule has 1 aromatic carbocycles. The molecule has 0 radical (unpaired) electrons. The van der Waals surface area contributed by atoms with Gasteiger partial charge in [0, 0.05) is 11.9 Å². The van der Waals surface area contributed by atoms with Crippen LogP contribution in [0.15, 0.2) is 35.2 Å². The Labute approximate surface area is 124 Å². The number of fused-ring (bicyclic) bond motifs is 1. The van der Waals surface area contributed by atoms with E-state index >= 15 is 0 Å². The molecule has 0 fully saturated rings. The van der Waals surface area contributed by atoms with Crippen LogP contribution < -0.4 is 5.32 Å². The van der Waals surface area contributed by atoms with Crippen LogP contribution in [0.5, 0.6) is 0 Å². The fourth-order valence-electron chi connectivity index (χ4n) is 1.88. The minimum Gasteiger partial charge on any atom is -0.384 e. The first-order valence-electron chi connectivity index (χ1n) is 6.00. The molecular weight excluding hydrogens is 293 g/mol. The van der Waals surface area contributed by atoms with Gasteiger partial charge in [-0.05, 0) is 36.6 Å². The predicted molar refractivity (Wildman–Crippen MR) is 84.1 cm³/mol. The molecule has 0 unspecified atom stereocenters. The van der Waals surface area contributed by atoms with Crippen molar-refractivity contribution in [3.63, 3.8) is 0 Å². The highest BCUT2D eigenvalue weighted by molar-refractivity contribution is 7.98. The first kappa shape index (κ1) is 13.3. The smallest absolute Gasteiger partial charge is 0.236 e. The van der Waals surface area contributed by atoms with Crippen LogP contribution >= 0.6 is 23.1 Å². The number of aromatic nitrogens is 2. The number of nitrogens with zero attached hydrogens (tertiary/aromatic N) is 2. The monoisotopic (exact) mass is 305 g/mol. The van der Waals surface area contributed by atoms with Gasteiger partial charge in [-0.3, -0.25) is 0 Å². The molecule has 0 bridgehead atoms. The van der Waals surface area contributed by atoms with Gasteiger partial charge in [-0.15, -0.1) is 23.1 Å². The zero-order valence-electron chi connectivity index (χ0n) is 11.0. The summed E-state index contributed by atoms with van der Waals surface area (Å²) in [5.41, 5.74) is 1.87. The molecule has 3 aromatic rings. The van der Waals surface area contributed by atoms with Crippen molar-refractivity contribution in [2.45, 2.75) is 4.90 Å². The molecular formula is C14H12FN3S2. The van der Waals surface area contributed by atoms with E-state index in [1.54, 1.807) is 30.9 Å². The fourth-order valence-corrected chi connectivity index (χ4v) is 3.37. The van der Waals surface area contributed by atoms with Gasteiger partial charge >= 0.3 is 0 Å². The lowest BCUT2D eigenvalue weighted by atomic mass is 10.3. The predicted octanol–water partition coefficient (Wildman–Crippen LogP) is 4.26. The Balaban J connectivity index is 2.07. The Morgan fingerprint density at radius 2 is 2.05 bits per heavy atom. The molecule has 0 atom stereocenters. The van der Waals surface area contributed by atoms with Gasteiger partial charge in [0.1, 0.15) is 10.7 Å². The van der Waals surface area contributed by atoms with Gasteiger partial charge < -0.3 is 5.32 Å². The third-order valence-corrected chi connectivity index (χ3v) is 4.70. The molecule has 2 aromatic heterocycles. The normalized spacial score (nSPS) is 10.9. The number of benzene rings is 1. The minimum absolute atomic E-state index is 0.388. The van der Waals surface area contributed by atoms with Crippen molar-refractivity contribution in [3.8, 4) is 10.7 Å². The van der Waals surface area contributed by atoms with E-state index in [1.807, 2.05) is 18.4 Å². The molecule has 2 heterocycles.